The van der Waals surface area contributed by atoms with E-state index in [1.165, 1.54) is 0 Å². The predicted molar refractivity (Wildman–Crippen MR) is 95.6 cm³/mol. The average Bonchev–Trinajstić information content (AvgIpc) is 3.27. The third kappa shape index (κ3) is 3.15. The molecular formula is C19H17ClN4O. The minimum absolute atomic E-state index is 0.0495. The standard InChI is InChI=1S/C19H17ClN4O/c20-16-3-1-2-15(10-16)19(6-7-19)18(25)23-12-14-4-5-17(22-11-14)24-9-8-21-13-24/h1-5,8-11,13H,6-7,12H2,(H,23,25). The monoisotopic (exact) mass is 352 g/mol. The van der Waals surface area contributed by atoms with Gasteiger partial charge in [0.1, 0.15) is 12.1 Å². The second-order valence-corrected chi connectivity index (χ2v) is 6.71. The maximum Gasteiger partial charge on any atom is 0.230 e. The van der Waals surface area contributed by atoms with Crippen molar-refractivity contribution >= 4 is 17.5 Å². The number of rotatable bonds is 5. The number of nitrogens with one attached hydrogen (secondary N) is 1. The molecule has 0 atom stereocenters. The first-order valence-electron chi connectivity index (χ1n) is 8.15. The molecule has 4 rings (SSSR count). The second-order valence-electron chi connectivity index (χ2n) is 6.27. The molecular weight excluding hydrogens is 336 g/mol. The quantitative estimate of drug-likeness (QED) is 0.766. The summed E-state index contributed by atoms with van der Waals surface area (Å²) in [6, 6.07) is 11.4. The summed E-state index contributed by atoms with van der Waals surface area (Å²) in [4.78, 5) is 21.1. The number of amides is 1. The minimum Gasteiger partial charge on any atom is -0.351 e. The summed E-state index contributed by atoms with van der Waals surface area (Å²) in [5, 5.41) is 3.70. The van der Waals surface area contributed by atoms with E-state index in [1.807, 2.05) is 47.2 Å². The van der Waals surface area contributed by atoms with E-state index in [0.29, 0.717) is 11.6 Å². The number of pyridine rings is 1. The smallest absolute Gasteiger partial charge is 0.230 e. The summed E-state index contributed by atoms with van der Waals surface area (Å²) in [5.41, 5.74) is 1.53. The summed E-state index contributed by atoms with van der Waals surface area (Å²) in [6.07, 6.45) is 8.74. The third-order valence-corrected chi connectivity index (χ3v) is 4.83. The van der Waals surface area contributed by atoms with Gasteiger partial charge in [0.15, 0.2) is 0 Å². The topological polar surface area (TPSA) is 59.8 Å². The van der Waals surface area contributed by atoms with Crippen LogP contribution in [0.3, 0.4) is 0 Å². The Kier molecular flexibility index (Phi) is 4.01. The van der Waals surface area contributed by atoms with Crippen molar-refractivity contribution in [3.63, 3.8) is 0 Å². The number of nitrogens with zero attached hydrogens (tertiary/aromatic N) is 3. The summed E-state index contributed by atoms with van der Waals surface area (Å²) in [5.74, 6) is 0.846. The maximum atomic E-state index is 12.7. The largest absolute Gasteiger partial charge is 0.351 e. The van der Waals surface area contributed by atoms with Gasteiger partial charge in [-0.25, -0.2) is 9.97 Å². The van der Waals surface area contributed by atoms with Gasteiger partial charge in [-0.2, -0.15) is 0 Å². The van der Waals surface area contributed by atoms with E-state index in [1.54, 1.807) is 18.7 Å². The fraction of sp³-hybridized carbons (Fsp3) is 0.211. The number of aromatic nitrogens is 3. The molecule has 0 aliphatic heterocycles. The summed E-state index contributed by atoms with van der Waals surface area (Å²) in [7, 11) is 0. The molecule has 1 fully saturated rings. The minimum atomic E-state index is -0.422. The van der Waals surface area contributed by atoms with E-state index >= 15 is 0 Å². The van der Waals surface area contributed by atoms with Gasteiger partial charge in [-0.05, 0) is 42.2 Å². The lowest BCUT2D eigenvalue weighted by molar-refractivity contribution is -0.123. The third-order valence-electron chi connectivity index (χ3n) is 4.59. The summed E-state index contributed by atoms with van der Waals surface area (Å²) < 4.78 is 1.83. The molecule has 0 unspecified atom stereocenters. The fourth-order valence-electron chi connectivity index (χ4n) is 2.98. The molecule has 1 aliphatic rings. The molecule has 1 aliphatic carbocycles. The zero-order valence-electron chi connectivity index (χ0n) is 13.5. The average molecular weight is 353 g/mol. The van der Waals surface area contributed by atoms with Gasteiger partial charge in [-0.1, -0.05) is 29.8 Å². The predicted octanol–water partition coefficient (Wildman–Crippen LogP) is 3.27. The van der Waals surface area contributed by atoms with Crippen molar-refractivity contribution in [2.24, 2.45) is 0 Å². The molecule has 6 heteroatoms. The van der Waals surface area contributed by atoms with Crippen LogP contribution < -0.4 is 5.32 Å². The van der Waals surface area contributed by atoms with Crippen LogP contribution in [0.2, 0.25) is 5.02 Å². The molecule has 1 amide bonds. The molecule has 0 bridgehead atoms. The van der Waals surface area contributed by atoms with Crippen LogP contribution in [0.25, 0.3) is 5.82 Å². The van der Waals surface area contributed by atoms with Gasteiger partial charge in [0.05, 0.1) is 5.41 Å². The first-order chi connectivity index (χ1) is 12.2. The number of hydrogen-bond acceptors (Lipinski definition) is 3. The van der Waals surface area contributed by atoms with Gasteiger partial charge >= 0.3 is 0 Å². The van der Waals surface area contributed by atoms with E-state index in [0.717, 1.165) is 29.8 Å². The first kappa shape index (κ1) is 15.8. The number of halogens is 1. The molecule has 25 heavy (non-hydrogen) atoms. The highest BCUT2D eigenvalue weighted by molar-refractivity contribution is 6.30. The van der Waals surface area contributed by atoms with Crippen LogP contribution >= 0.6 is 11.6 Å². The second kappa shape index (κ2) is 6.33. The Morgan fingerprint density at radius 3 is 2.80 bits per heavy atom. The number of benzene rings is 1. The molecule has 2 aromatic heterocycles. The zero-order chi connectivity index (χ0) is 17.3. The Hall–Kier alpha value is -2.66. The molecule has 2 heterocycles. The van der Waals surface area contributed by atoms with Crippen LogP contribution in [0.5, 0.6) is 0 Å². The molecule has 0 saturated heterocycles. The van der Waals surface area contributed by atoms with E-state index in [9.17, 15) is 4.79 Å². The highest BCUT2D eigenvalue weighted by Crippen LogP contribution is 2.48. The summed E-state index contributed by atoms with van der Waals surface area (Å²) >= 11 is 6.07. The number of carbonyl (C=O) groups is 1. The normalized spacial score (nSPS) is 14.9. The molecule has 0 radical (unpaired) electrons. The van der Waals surface area contributed by atoms with Crippen molar-refractivity contribution in [3.8, 4) is 5.82 Å². The van der Waals surface area contributed by atoms with Crippen molar-refractivity contribution in [2.75, 3.05) is 0 Å². The van der Waals surface area contributed by atoms with Crippen LogP contribution in [0.1, 0.15) is 24.0 Å². The van der Waals surface area contributed by atoms with Crippen molar-refractivity contribution < 1.29 is 4.79 Å². The Labute approximate surface area is 150 Å². The van der Waals surface area contributed by atoms with E-state index in [2.05, 4.69) is 15.3 Å². The Balaban J connectivity index is 1.42. The lowest BCUT2D eigenvalue weighted by Crippen LogP contribution is -2.34. The number of hydrogen-bond donors (Lipinski definition) is 1. The zero-order valence-corrected chi connectivity index (χ0v) is 14.3. The lowest BCUT2D eigenvalue weighted by atomic mass is 9.95. The van der Waals surface area contributed by atoms with Crippen molar-refractivity contribution in [1.29, 1.82) is 0 Å². The summed E-state index contributed by atoms with van der Waals surface area (Å²) in [6.45, 7) is 0.457. The van der Waals surface area contributed by atoms with Gasteiger partial charge in [0.2, 0.25) is 5.91 Å². The van der Waals surface area contributed by atoms with Crippen molar-refractivity contribution in [2.45, 2.75) is 24.8 Å². The van der Waals surface area contributed by atoms with E-state index in [4.69, 9.17) is 11.6 Å². The SMILES string of the molecule is O=C(NCc1ccc(-n2ccnc2)nc1)C1(c2cccc(Cl)c2)CC1. The van der Waals surface area contributed by atoms with Crippen LogP contribution in [-0.2, 0) is 16.8 Å². The molecule has 0 spiro atoms. The molecule has 1 aromatic carbocycles. The van der Waals surface area contributed by atoms with Crippen LogP contribution in [0.4, 0.5) is 0 Å². The van der Waals surface area contributed by atoms with Crippen LogP contribution in [-0.4, -0.2) is 20.4 Å². The van der Waals surface area contributed by atoms with Crippen molar-refractivity contribution in [3.05, 3.63) is 77.5 Å². The molecule has 1 saturated carbocycles. The van der Waals surface area contributed by atoms with Gasteiger partial charge in [-0.15, -0.1) is 0 Å². The van der Waals surface area contributed by atoms with Gasteiger partial charge < -0.3 is 5.32 Å². The molecule has 1 N–H and O–H groups in total. The Morgan fingerprint density at radius 1 is 1.28 bits per heavy atom. The first-order valence-corrected chi connectivity index (χ1v) is 8.53. The van der Waals surface area contributed by atoms with Crippen LogP contribution in [0, 0.1) is 0 Å². The van der Waals surface area contributed by atoms with Gasteiger partial charge in [-0.3, -0.25) is 9.36 Å². The lowest BCUT2D eigenvalue weighted by Gasteiger charge is -2.16. The van der Waals surface area contributed by atoms with Crippen molar-refractivity contribution in [1.82, 2.24) is 19.9 Å². The Bertz CT molecular complexity index is 886. The maximum absolute atomic E-state index is 12.7. The van der Waals surface area contributed by atoms with E-state index < -0.39 is 5.41 Å². The van der Waals surface area contributed by atoms with Crippen LogP contribution in [0.15, 0.2) is 61.3 Å². The fourth-order valence-corrected chi connectivity index (χ4v) is 3.17. The molecule has 126 valence electrons. The highest BCUT2D eigenvalue weighted by Gasteiger charge is 2.51. The van der Waals surface area contributed by atoms with Gasteiger partial charge in [0, 0.05) is 30.2 Å². The number of carbonyl (C=O) groups excluding carboxylic acids is 1. The van der Waals surface area contributed by atoms with Gasteiger partial charge in [0.25, 0.3) is 0 Å². The molecule has 5 nitrogen and oxygen atoms in total. The van der Waals surface area contributed by atoms with E-state index in [-0.39, 0.29) is 5.91 Å². The highest BCUT2D eigenvalue weighted by atomic mass is 35.5. The molecule has 3 aromatic rings. The number of imidazole rings is 1. The Morgan fingerprint density at radius 2 is 2.16 bits per heavy atom.